The SMILES string of the molecule is CCNC(=NCC(C)Oc1cccc(C)c1)N1CCCC2(CNC(=O)C2)C1.I. The number of guanidine groups is 1. The van der Waals surface area contributed by atoms with Gasteiger partial charge in [-0.15, -0.1) is 24.0 Å². The number of amides is 1. The first-order chi connectivity index (χ1) is 13.0. The maximum absolute atomic E-state index is 11.7. The quantitative estimate of drug-likeness (QED) is 0.371. The first kappa shape index (κ1) is 22.8. The van der Waals surface area contributed by atoms with Crippen molar-refractivity contribution in [1.29, 1.82) is 0 Å². The van der Waals surface area contributed by atoms with E-state index in [1.54, 1.807) is 0 Å². The van der Waals surface area contributed by atoms with E-state index in [0.717, 1.165) is 50.7 Å². The monoisotopic (exact) mass is 500 g/mol. The molecule has 1 spiro atoms. The number of halogens is 1. The van der Waals surface area contributed by atoms with Crippen molar-refractivity contribution in [3.63, 3.8) is 0 Å². The second-order valence-corrected chi connectivity index (χ2v) is 7.92. The molecule has 2 heterocycles. The Morgan fingerprint density at radius 1 is 1.46 bits per heavy atom. The van der Waals surface area contributed by atoms with Crippen molar-refractivity contribution in [3.05, 3.63) is 29.8 Å². The van der Waals surface area contributed by atoms with Crippen LogP contribution in [-0.4, -0.2) is 55.6 Å². The van der Waals surface area contributed by atoms with Crippen LogP contribution < -0.4 is 15.4 Å². The Morgan fingerprint density at radius 3 is 2.96 bits per heavy atom. The normalized spacial score (nSPS) is 23.2. The van der Waals surface area contributed by atoms with Crippen LogP contribution in [0, 0.1) is 12.3 Å². The van der Waals surface area contributed by atoms with Crippen molar-refractivity contribution >= 4 is 35.8 Å². The molecule has 0 radical (unpaired) electrons. The van der Waals surface area contributed by atoms with E-state index in [-0.39, 0.29) is 41.4 Å². The summed E-state index contributed by atoms with van der Waals surface area (Å²) in [6.45, 7) is 10.3. The van der Waals surface area contributed by atoms with Crippen molar-refractivity contribution in [3.8, 4) is 5.75 Å². The van der Waals surface area contributed by atoms with Gasteiger partial charge in [-0.2, -0.15) is 0 Å². The van der Waals surface area contributed by atoms with Gasteiger partial charge in [-0.3, -0.25) is 4.79 Å². The Hall–Kier alpha value is -1.51. The third-order valence-corrected chi connectivity index (χ3v) is 5.32. The summed E-state index contributed by atoms with van der Waals surface area (Å²) < 4.78 is 6.01. The van der Waals surface area contributed by atoms with E-state index in [0.29, 0.717) is 13.0 Å². The Morgan fingerprint density at radius 2 is 2.29 bits per heavy atom. The summed E-state index contributed by atoms with van der Waals surface area (Å²) in [4.78, 5) is 18.9. The fourth-order valence-electron chi connectivity index (χ4n) is 4.03. The summed E-state index contributed by atoms with van der Waals surface area (Å²) in [5, 5.41) is 6.42. The lowest BCUT2D eigenvalue weighted by Crippen LogP contribution is -2.51. The second kappa shape index (κ2) is 10.3. The van der Waals surface area contributed by atoms with Gasteiger partial charge in [0.1, 0.15) is 11.9 Å². The highest BCUT2D eigenvalue weighted by Gasteiger charge is 2.42. The number of ether oxygens (including phenoxy) is 1. The lowest BCUT2D eigenvalue weighted by Gasteiger charge is -2.40. The van der Waals surface area contributed by atoms with Crippen molar-refractivity contribution in [2.45, 2.75) is 46.1 Å². The number of nitrogens with one attached hydrogen (secondary N) is 2. The topological polar surface area (TPSA) is 66.0 Å². The number of carbonyl (C=O) groups excluding carboxylic acids is 1. The molecule has 2 aliphatic heterocycles. The molecule has 7 heteroatoms. The third-order valence-electron chi connectivity index (χ3n) is 5.32. The van der Waals surface area contributed by atoms with E-state index in [9.17, 15) is 4.79 Å². The van der Waals surface area contributed by atoms with Gasteiger partial charge in [-0.05, 0) is 51.3 Å². The minimum Gasteiger partial charge on any atom is -0.489 e. The van der Waals surface area contributed by atoms with Gasteiger partial charge in [-0.25, -0.2) is 4.99 Å². The minimum absolute atomic E-state index is 0. The number of likely N-dealkylation sites (tertiary alicyclic amines) is 1. The molecule has 28 heavy (non-hydrogen) atoms. The standard InChI is InChI=1S/C21H32N4O2.HI/c1-4-22-20(23-13-17(3)27-18-8-5-7-16(2)11-18)25-10-6-9-21(15-25)12-19(26)24-14-21;/h5,7-8,11,17H,4,6,9-10,12-15H2,1-3H3,(H,22,23)(H,24,26);1H. The minimum atomic E-state index is -0.00562. The lowest BCUT2D eigenvalue weighted by molar-refractivity contribution is -0.119. The number of carbonyl (C=O) groups is 1. The van der Waals surface area contributed by atoms with Gasteiger partial charge in [-0.1, -0.05) is 12.1 Å². The highest BCUT2D eigenvalue weighted by Crippen LogP contribution is 2.36. The summed E-state index contributed by atoms with van der Waals surface area (Å²) in [5.74, 6) is 1.99. The van der Waals surface area contributed by atoms with E-state index in [2.05, 4.69) is 35.4 Å². The molecule has 2 aliphatic rings. The largest absolute Gasteiger partial charge is 0.489 e. The van der Waals surface area contributed by atoms with E-state index < -0.39 is 0 Å². The molecule has 1 aromatic carbocycles. The van der Waals surface area contributed by atoms with E-state index >= 15 is 0 Å². The van der Waals surface area contributed by atoms with Crippen LogP contribution in [0.25, 0.3) is 0 Å². The fraction of sp³-hybridized carbons (Fsp3) is 0.619. The molecule has 3 rings (SSSR count). The van der Waals surface area contributed by atoms with Crippen LogP contribution >= 0.6 is 24.0 Å². The van der Waals surface area contributed by atoms with Gasteiger partial charge < -0.3 is 20.3 Å². The maximum atomic E-state index is 11.7. The van der Waals surface area contributed by atoms with Gasteiger partial charge in [0.15, 0.2) is 5.96 Å². The molecule has 156 valence electrons. The van der Waals surface area contributed by atoms with Gasteiger partial charge in [0.25, 0.3) is 0 Å². The van der Waals surface area contributed by atoms with Crippen LogP contribution in [0.5, 0.6) is 5.75 Å². The van der Waals surface area contributed by atoms with E-state index in [1.807, 2.05) is 25.1 Å². The molecular weight excluding hydrogens is 467 g/mol. The van der Waals surface area contributed by atoms with E-state index in [4.69, 9.17) is 9.73 Å². The molecule has 2 saturated heterocycles. The zero-order chi connectivity index (χ0) is 19.3. The molecule has 2 fully saturated rings. The first-order valence-corrected chi connectivity index (χ1v) is 10.0. The number of benzene rings is 1. The number of aryl methyl sites for hydroxylation is 1. The Balaban J connectivity index is 0.00000280. The number of hydrogen-bond donors (Lipinski definition) is 2. The molecule has 2 N–H and O–H groups in total. The predicted molar refractivity (Wildman–Crippen MR) is 124 cm³/mol. The van der Waals surface area contributed by atoms with E-state index in [1.165, 1.54) is 5.56 Å². The van der Waals surface area contributed by atoms with Gasteiger partial charge in [0, 0.05) is 38.0 Å². The van der Waals surface area contributed by atoms with Crippen molar-refractivity contribution in [2.75, 3.05) is 32.7 Å². The highest BCUT2D eigenvalue weighted by molar-refractivity contribution is 14.0. The number of rotatable bonds is 5. The Labute approximate surface area is 185 Å². The summed E-state index contributed by atoms with van der Waals surface area (Å²) in [6.07, 6.45) is 2.83. The van der Waals surface area contributed by atoms with Crippen LogP contribution in [0.15, 0.2) is 29.3 Å². The lowest BCUT2D eigenvalue weighted by atomic mass is 9.79. The first-order valence-electron chi connectivity index (χ1n) is 10.0. The molecule has 0 aromatic heterocycles. The number of nitrogens with zero attached hydrogens (tertiary/aromatic N) is 2. The molecule has 2 atom stereocenters. The van der Waals surface area contributed by atoms with Crippen LogP contribution in [-0.2, 0) is 4.79 Å². The van der Waals surface area contributed by atoms with Crippen LogP contribution in [0.1, 0.15) is 38.7 Å². The third kappa shape index (κ3) is 5.99. The van der Waals surface area contributed by atoms with Crippen LogP contribution in [0.4, 0.5) is 0 Å². The highest BCUT2D eigenvalue weighted by atomic mass is 127. The van der Waals surface area contributed by atoms with Gasteiger partial charge in [0.2, 0.25) is 5.91 Å². The predicted octanol–water partition coefficient (Wildman–Crippen LogP) is 2.95. The van der Waals surface area contributed by atoms with Gasteiger partial charge in [0.05, 0.1) is 6.54 Å². The zero-order valence-electron chi connectivity index (χ0n) is 17.2. The summed E-state index contributed by atoms with van der Waals surface area (Å²) >= 11 is 0. The summed E-state index contributed by atoms with van der Waals surface area (Å²) in [6, 6.07) is 8.10. The molecule has 0 bridgehead atoms. The zero-order valence-corrected chi connectivity index (χ0v) is 19.5. The van der Waals surface area contributed by atoms with Crippen LogP contribution in [0.2, 0.25) is 0 Å². The summed E-state index contributed by atoms with van der Waals surface area (Å²) in [7, 11) is 0. The van der Waals surface area contributed by atoms with Crippen molar-refractivity contribution in [1.82, 2.24) is 15.5 Å². The van der Waals surface area contributed by atoms with Gasteiger partial charge >= 0.3 is 0 Å². The number of aliphatic imine (C=N–C) groups is 1. The smallest absolute Gasteiger partial charge is 0.220 e. The second-order valence-electron chi connectivity index (χ2n) is 7.92. The van der Waals surface area contributed by atoms with Crippen molar-refractivity contribution in [2.24, 2.45) is 10.4 Å². The number of hydrogen-bond acceptors (Lipinski definition) is 3. The fourth-order valence-corrected chi connectivity index (χ4v) is 4.03. The maximum Gasteiger partial charge on any atom is 0.220 e. The molecule has 1 aromatic rings. The molecule has 6 nitrogen and oxygen atoms in total. The van der Waals surface area contributed by atoms with Crippen LogP contribution in [0.3, 0.4) is 0 Å². The van der Waals surface area contributed by atoms with Crippen molar-refractivity contribution < 1.29 is 9.53 Å². The molecule has 0 saturated carbocycles. The molecule has 2 unspecified atom stereocenters. The Kier molecular flexibility index (Phi) is 8.39. The molecule has 1 amide bonds. The molecular formula is C21H33IN4O2. The number of piperidine rings is 1. The summed E-state index contributed by atoms with van der Waals surface area (Å²) in [5.41, 5.74) is 1.25. The molecule has 0 aliphatic carbocycles. The average molecular weight is 500 g/mol. The average Bonchev–Trinajstić information content (AvgIpc) is 2.98. The Bertz CT molecular complexity index is 697.